The van der Waals surface area contributed by atoms with E-state index >= 15 is 0 Å². The van der Waals surface area contributed by atoms with Crippen LogP contribution in [0.4, 0.5) is 17.1 Å². The first-order valence-corrected chi connectivity index (χ1v) is 11.4. The summed E-state index contributed by atoms with van der Waals surface area (Å²) in [7, 11) is -3.79. The third-order valence-corrected chi connectivity index (χ3v) is 6.20. The number of ether oxygens (including phenoxy) is 1. The van der Waals surface area contributed by atoms with Gasteiger partial charge >= 0.3 is 0 Å². The number of anilines is 2. The average molecular weight is 470 g/mol. The summed E-state index contributed by atoms with van der Waals surface area (Å²) in [4.78, 5) is 22.7. The first-order chi connectivity index (χ1) is 15.5. The molecule has 33 heavy (non-hydrogen) atoms. The van der Waals surface area contributed by atoms with Crippen molar-refractivity contribution in [2.45, 2.75) is 25.7 Å². The fourth-order valence-corrected chi connectivity index (χ4v) is 4.12. The predicted octanol–water partition coefficient (Wildman–Crippen LogP) is 4.34. The minimum Gasteiger partial charge on any atom is -0.483 e. The Labute approximate surface area is 191 Å². The normalized spacial score (nSPS) is 11.0. The van der Waals surface area contributed by atoms with Gasteiger partial charge in [0.15, 0.2) is 6.61 Å². The van der Waals surface area contributed by atoms with Gasteiger partial charge in [-0.2, -0.15) is 0 Å². The molecule has 172 valence electrons. The van der Waals surface area contributed by atoms with Gasteiger partial charge in [0, 0.05) is 17.8 Å². The summed E-state index contributed by atoms with van der Waals surface area (Å²) in [6.07, 6.45) is 0. The zero-order chi connectivity index (χ0) is 24.2. The van der Waals surface area contributed by atoms with Crippen LogP contribution in [0.25, 0.3) is 0 Å². The summed E-state index contributed by atoms with van der Waals surface area (Å²) >= 11 is 0. The topological polar surface area (TPSA) is 128 Å². The van der Waals surface area contributed by atoms with Crippen molar-refractivity contribution in [2.24, 2.45) is 0 Å². The quantitative estimate of drug-likeness (QED) is 0.373. The molecule has 0 bridgehead atoms. The molecule has 0 aliphatic heterocycles. The maximum absolute atomic E-state index is 12.7. The number of carbonyl (C=O) groups excluding carboxylic acids is 1. The summed E-state index contributed by atoms with van der Waals surface area (Å²) in [5.74, 6) is -0.161. The van der Waals surface area contributed by atoms with Gasteiger partial charge in [-0.05, 0) is 62.2 Å². The van der Waals surface area contributed by atoms with Crippen LogP contribution >= 0.6 is 0 Å². The first kappa shape index (κ1) is 23.7. The number of aryl methyl sites for hydroxylation is 3. The Morgan fingerprint density at radius 3 is 2.30 bits per heavy atom. The molecule has 0 atom stereocenters. The first-order valence-electron chi connectivity index (χ1n) is 9.93. The predicted molar refractivity (Wildman–Crippen MR) is 125 cm³/mol. The second kappa shape index (κ2) is 9.70. The fourth-order valence-electron chi connectivity index (χ4n) is 2.97. The second-order valence-electron chi connectivity index (χ2n) is 7.49. The van der Waals surface area contributed by atoms with Crippen LogP contribution in [0.3, 0.4) is 0 Å². The van der Waals surface area contributed by atoms with E-state index in [1.54, 1.807) is 44.2 Å². The van der Waals surface area contributed by atoms with Gasteiger partial charge in [-0.25, -0.2) is 8.42 Å². The van der Waals surface area contributed by atoms with Crippen LogP contribution in [0.5, 0.6) is 5.75 Å². The van der Waals surface area contributed by atoms with Gasteiger partial charge in [0.1, 0.15) is 5.75 Å². The number of amides is 1. The van der Waals surface area contributed by atoms with Crippen LogP contribution in [0.2, 0.25) is 0 Å². The highest BCUT2D eigenvalue weighted by Gasteiger charge is 2.17. The molecule has 0 heterocycles. The highest BCUT2D eigenvalue weighted by atomic mass is 32.2. The molecule has 3 aromatic carbocycles. The number of nitrogens with one attached hydrogen (secondary N) is 2. The Morgan fingerprint density at radius 1 is 0.970 bits per heavy atom. The number of non-ortho nitro benzene ring substituents is 1. The molecule has 3 rings (SSSR count). The zero-order valence-corrected chi connectivity index (χ0v) is 19.1. The molecule has 0 fully saturated rings. The van der Waals surface area contributed by atoms with Crippen molar-refractivity contribution in [3.05, 3.63) is 87.5 Å². The molecular weight excluding hydrogens is 446 g/mol. The second-order valence-corrected chi connectivity index (χ2v) is 9.17. The summed E-state index contributed by atoms with van der Waals surface area (Å²) in [5.41, 5.74) is 2.84. The lowest BCUT2D eigenvalue weighted by Gasteiger charge is -2.13. The van der Waals surface area contributed by atoms with Crippen molar-refractivity contribution in [1.29, 1.82) is 0 Å². The van der Waals surface area contributed by atoms with E-state index in [1.165, 1.54) is 30.3 Å². The molecular formula is C23H23N3O6S. The Balaban J connectivity index is 1.66. The van der Waals surface area contributed by atoms with E-state index in [-0.39, 0.29) is 17.2 Å². The Hall–Kier alpha value is -3.92. The molecule has 0 spiro atoms. The van der Waals surface area contributed by atoms with Gasteiger partial charge in [-0.15, -0.1) is 0 Å². The number of rotatable bonds is 8. The molecule has 0 aliphatic rings. The molecule has 0 aliphatic carbocycles. The standard InChI is InChI=1S/C23H23N3O6S/c1-15-4-7-18(8-5-15)25-33(30,31)20-10-11-22(17(3)12-20)32-14-23(27)24-21-13-19(26(28)29)9-6-16(21)2/h4-13,25H,14H2,1-3H3,(H,24,27). The van der Waals surface area contributed by atoms with Crippen molar-refractivity contribution in [1.82, 2.24) is 0 Å². The van der Waals surface area contributed by atoms with E-state index in [0.717, 1.165) is 5.56 Å². The maximum atomic E-state index is 12.7. The number of hydrogen-bond donors (Lipinski definition) is 2. The minimum atomic E-state index is -3.79. The average Bonchev–Trinajstić information content (AvgIpc) is 2.75. The molecule has 1 amide bonds. The van der Waals surface area contributed by atoms with Crippen molar-refractivity contribution in [3.63, 3.8) is 0 Å². The molecule has 0 radical (unpaired) electrons. The molecule has 0 unspecified atom stereocenters. The van der Waals surface area contributed by atoms with Crippen LogP contribution in [-0.2, 0) is 14.8 Å². The molecule has 10 heteroatoms. The molecule has 0 saturated heterocycles. The number of benzene rings is 3. The Bertz CT molecular complexity index is 1300. The largest absolute Gasteiger partial charge is 0.483 e. The number of hydrogen-bond acceptors (Lipinski definition) is 6. The van der Waals surface area contributed by atoms with E-state index in [0.29, 0.717) is 28.3 Å². The van der Waals surface area contributed by atoms with Crippen molar-refractivity contribution >= 4 is 33.0 Å². The number of nitro benzene ring substituents is 1. The SMILES string of the molecule is Cc1ccc(NS(=O)(=O)c2ccc(OCC(=O)Nc3cc([N+](=O)[O-])ccc3C)c(C)c2)cc1. The van der Waals surface area contributed by atoms with E-state index in [9.17, 15) is 23.3 Å². The number of nitro groups is 1. The number of carbonyl (C=O) groups is 1. The van der Waals surface area contributed by atoms with Crippen molar-refractivity contribution in [2.75, 3.05) is 16.6 Å². The molecule has 2 N–H and O–H groups in total. The van der Waals surface area contributed by atoms with E-state index in [4.69, 9.17) is 4.74 Å². The third kappa shape index (κ3) is 6.07. The van der Waals surface area contributed by atoms with Gasteiger partial charge in [0.25, 0.3) is 21.6 Å². The van der Waals surface area contributed by atoms with Gasteiger partial charge < -0.3 is 10.1 Å². The van der Waals surface area contributed by atoms with Crippen LogP contribution in [0.15, 0.2) is 65.6 Å². The van der Waals surface area contributed by atoms with Crippen LogP contribution in [0, 0.1) is 30.9 Å². The smallest absolute Gasteiger partial charge is 0.271 e. The monoisotopic (exact) mass is 469 g/mol. The summed E-state index contributed by atoms with van der Waals surface area (Å²) in [6.45, 7) is 4.94. The lowest BCUT2D eigenvalue weighted by molar-refractivity contribution is -0.384. The highest BCUT2D eigenvalue weighted by molar-refractivity contribution is 7.92. The van der Waals surface area contributed by atoms with E-state index in [1.807, 2.05) is 6.92 Å². The highest BCUT2D eigenvalue weighted by Crippen LogP contribution is 2.25. The fraction of sp³-hybridized carbons (Fsp3) is 0.174. The van der Waals surface area contributed by atoms with E-state index in [2.05, 4.69) is 10.0 Å². The summed E-state index contributed by atoms with van der Waals surface area (Å²) in [6, 6.07) is 15.5. The molecule has 9 nitrogen and oxygen atoms in total. The lowest BCUT2D eigenvalue weighted by Crippen LogP contribution is -2.21. The van der Waals surface area contributed by atoms with Crippen LogP contribution in [0.1, 0.15) is 16.7 Å². The van der Waals surface area contributed by atoms with Crippen LogP contribution in [-0.4, -0.2) is 25.9 Å². The van der Waals surface area contributed by atoms with Crippen molar-refractivity contribution < 1.29 is 22.9 Å². The van der Waals surface area contributed by atoms with Gasteiger partial charge in [-0.1, -0.05) is 23.8 Å². The zero-order valence-electron chi connectivity index (χ0n) is 18.3. The summed E-state index contributed by atoms with van der Waals surface area (Å²) < 4.78 is 33.4. The van der Waals surface area contributed by atoms with Gasteiger partial charge in [0.05, 0.1) is 15.5 Å². The van der Waals surface area contributed by atoms with E-state index < -0.39 is 20.9 Å². The third-order valence-electron chi connectivity index (χ3n) is 4.83. The van der Waals surface area contributed by atoms with Crippen molar-refractivity contribution in [3.8, 4) is 5.75 Å². The number of sulfonamides is 1. The number of nitrogens with zero attached hydrogens (tertiary/aromatic N) is 1. The van der Waals surface area contributed by atoms with Gasteiger partial charge in [-0.3, -0.25) is 19.6 Å². The molecule has 0 saturated carbocycles. The lowest BCUT2D eigenvalue weighted by atomic mass is 10.2. The minimum absolute atomic E-state index is 0.0598. The Kier molecular flexibility index (Phi) is 6.98. The Morgan fingerprint density at radius 2 is 1.67 bits per heavy atom. The molecule has 0 aromatic heterocycles. The van der Waals surface area contributed by atoms with Crippen LogP contribution < -0.4 is 14.8 Å². The molecule has 3 aromatic rings. The van der Waals surface area contributed by atoms with Gasteiger partial charge in [0.2, 0.25) is 0 Å². The maximum Gasteiger partial charge on any atom is 0.271 e. The summed E-state index contributed by atoms with van der Waals surface area (Å²) in [5, 5.41) is 13.5.